The molecule has 102 valence electrons. The largest absolute Gasteiger partial charge is 0.481 e. The molecule has 18 heavy (non-hydrogen) atoms. The maximum atomic E-state index is 12.1. The topological polar surface area (TPSA) is 69.6 Å². The van der Waals surface area contributed by atoms with Crippen molar-refractivity contribution < 1.29 is 14.7 Å². The molecule has 3 atom stereocenters. The molecule has 3 unspecified atom stereocenters. The van der Waals surface area contributed by atoms with Crippen molar-refractivity contribution in [3.05, 3.63) is 0 Å². The minimum atomic E-state index is -0.790. The lowest BCUT2D eigenvalue weighted by Gasteiger charge is -2.31. The van der Waals surface area contributed by atoms with Crippen LogP contribution in [0.4, 0.5) is 4.79 Å². The van der Waals surface area contributed by atoms with Gasteiger partial charge in [-0.15, -0.1) is 0 Å². The van der Waals surface area contributed by atoms with E-state index < -0.39 is 11.9 Å². The van der Waals surface area contributed by atoms with E-state index in [4.69, 9.17) is 5.11 Å². The Kier molecular flexibility index (Phi) is 4.09. The number of hydrogen-bond acceptors (Lipinski definition) is 2. The number of carbonyl (C=O) groups is 2. The van der Waals surface area contributed by atoms with Crippen LogP contribution in [0.2, 0.25) is 0 Å². The number of rotatable bonds is 2. The minimum absolute atomic E-state index is 0.0833. The molecule has 5 nitrogen and oxygen atoms in total. The van der Waals surface area contributed by atoms with Crippen LogP contribution in [-0.2, 0) is 4.79 Å². The van der Waals surface area contributed by atoms with Crippen molar-refractivity contribution in [2.24, 2.45) is 11.8 Å². The smallest absolute Gasteiger partial charge is 0.317 e. The number of urea groups is 1. The standard InChI is InChI=1S/C13H22N2O3/c1-9-4-5-11(7-9)14-13(18)15-6-2-3-10(8-15)12(16)17/h9-11H,2-8H2,1H3,(H,14,18)(H,16,17). The monoisotopic (exact) mass is 254 g/mol. The van der Waals surface area contributed by atoms with Gasteiger partial charge in [-0.2, -0.15) is 0 Å². The Morgan fingerprint density at radius 1 is 1.28 bits per heavy atom. The maximum absolute atomic E-state index is 12.1. The first-order valence-electron chi connectivity index (χ1n) is 6.84. The van der Waals surface area contributed by atoms with Crippen LogP contribution in [0.15, 0.2) is 0 Å². The van der Waals surface area contributed by atoms with Crippen LogP contribution >= 0.6 is 0 Å². The molecule has 1 heterocycles. The summed E-state index contributed by atoms with van der Waals surface area (Å²) in [4.78, 5) is 24.7. The van der Waals surface area contributed by atoms with Crippen LogP contribution in [0, 0.1) is 11.8 Å². The van der Waals surface area contributed by atoms with E-state index in [1.807, 2.05) is 0 Å². The molecule has 0 aromatic rings. The molecule has 0 spiro atoms. The number of carboxylic acids is 1. The third-order valence-corrected chi connectivity index (χ3v) is 4.08. The summed E-state index contributed by atoms with van der Waals surface area (Å²) < 4.78 is 0. The molecule has 2 amide bonds. The summed E-state index contributed by atoms with van der Waals surface area (Å²) in [6, 6.07) is 0.192. The molecule has 0 aromatic carbocycles. The van der Waals surface area contributed by atoms with Crippen molar-refractivity contribution >= 4 is 12.0 Å². The fourth-order valence-corrected chi connectivity index (χ4v) is 2.97. The predicted octanol–water partition coefficient (Wildman–Crippen LogP) is 1.68. The lowest BCUT2D eigenvalue weighted by atomic mass is 9.99. The second kappa shape index (κ2) is 5.59. The van der Waals surface area contributed by atoms with Crippen molar-refractivity contribution in [2.45, 2.75) is 45.1 Å². The third kappa shape index (κ3) is 3.15. The Bertz CT molecular complexity index is 332. The highest BCUT2D eigenvalue weighted by Crippen LogP contribution is 2.25. The summed E-state index contributed by atoms with van der Waals surface area (Å²) in [5.41, 5.74) is 0. The third-order valence-electron chi connectivity index (χ3n) is 4.08. The number of carbonyl (C=O) groups excluding carboxylic acids is 1. The van der Waals surface area contributed by atoms with Gasteiger partial charge in [0.05, 0.1) is 5.92 Å². The van der Waals surface area contributed by atoms with E-state index >= 15 is 0 Å². The summed E-state index contributed by atoms with van der Waals surface area (Å²) >= 11 is 0. The fraction of sp³-hybridized carbons (Fsp3) is 0.846. The van der Waals surface area contributed by atoms with Crippen molar-refractivity contribution in [3.8, 4) is 0 Å². The van der Waals surface area contributed by atoms with Crippen LogP contribution in [0.1, 0.15) is 39.0 Å². The highest BCUT2D eigenvalue weighted by molar-refractivity contribution is 5.76. The van der Waals surface area contributed by atoms with E-state index in [0.717, 1.165) is 19.3 Å². The molecule has 0 aromatic heterocycles. The number of nitrogens with zero attached hydrogens (tertiary/aromatic N) is 1. The molecule has 0 radical (unpaired) electrons. The molecule has 2 fully saturated rings. The first kappa shape index (κ1) is 13.2. The molecule has 5 heteroatoms. The maximum Gasteiger partial charge on any atom is 0.317 e. The molecule has 2 rings (SSSR count). The molecule has 1 saturated heterocycles. The molecule has 2 N–H and O–H groups in total. The van der Waals surface area contributed by atoms with Crippen molar-refractivity contribution in [3.63, 3.8) is 0 Å². The summed E-state index contributed by atoms with van der Waals surface area (Å²) in [6.45, 7) is 3.23. The van der Waals surface area contributed by atoms with E-state index in [1.54, 1.807) is 4.90 Å². The van der Waals surface area contributed by atoms with Gasteiger partial charge in [0.2, 0.25) is 0 Å². The van der Waals surface area contributed by atoms with Crippen molar-refractivity contribution in [1.82, 2.24) is 10.2 Å². The molecule has 1 aliphatic heterocycles. The second-order valence-electron chi connectivity index (χ2n) is 5.69. The van der Waals surface area contributed by atoms with Crippen LogP contribution < -0.4 is 5.32 Å². The molecule has 1 aliphatic carbocycles. The van der Waals surface area contributed by atoms with Gasteiger partial charge in [-0.25, -0.2) is 4.79 Å². The predicted molar refractivity (Wildman–Crippen MR) is 67.3 cm³/mol. The fourth-order valence-electron chi connectivity index (χ4n) is 2.97. The van der Waals surface area contributed by atoms with Gasteiger partial charge in [0.15, 0.2) is 0 Å². The number of piperidine rings is 1. The van der Waals surface area contributed by atoms with E-state index in [2.05, 4.69) is 12.2 Å². The average Bonchev–Trinajstić information content (AvgIpc) is 2.75. The number of likely N-dealkylation sites (tertiary alicyclic amines) is 1. The quantitative estimate of drug-likeness (QED) is 0.787. The molecule has 2 aliphatic rings. The summed E-state index contributed by atoms with van der Waals surface area (Å²) in [6.07, 6.45) is 4.72. The Morgan fingerprint density at radius 3 is 2.67 bits per heavy atom. The summed E-state index contributed by atoms with van der Waals surface area (Å²) in [5.74, 6) is -0.502. The zero-order valence-corrected chi connectivity index (χ0v) is 10.9. The summed E-state index contributed by atoms with van der Waals surface area (Å²) in [5, 5.41) is 12.0. The van der Waals surface area contributed by atoms with E-state index in [0.29, 0.717) is 25.4 Å². The highest BCUT2D eigenvalue weighted by Gasteiger charge is 2.30. The first-order chi connectivity index (χ1) is 8.56. The molecule has 1 saturated carbocycles. The number of hydrogen-bond donors (Lipinski definition) is 2. The molecule has 0 bridgehead atoms. The Balaban J connectivity index is 1.83. The first-order valence-corrected chi connectivity index (χ1v) is 6.84. The van der Waals surface area contributed by atoms with Crippen molar-refractivity contribution in [1.29, 1.82) is 0 Å². The van der Waals surface area contributed by atoms with Gasteiger partial charge in [0.25, 0.3) is 0 Å². The SMILES string of the molecule is CC1CCC(NC(=O)N2CCCC(C(=O)O)C2)C1. The second-order valence-corrected chi connectivity index (χ2v) is 5.69. The number of aliphatic carboxylic acids is 1. The summed E-state index contributed by atoms with van der Waals surface area (Å²) in [7, 11) is 0. The van der Waals surface area contributed by atoms with Gasteiger partial charge in [0.1, 0.15) is 0 Å². The zero-order valence-electron chi connectivity index (χ0n) is 10.9. The van der Waals surface area contributed by atoms with Gasteiger partial charge in [-0.05, 0) is 38.0 Å². The van der Waals surface area contributed by atoms with Gasteiger partial charge < -0.3 is 15.3 Å². The average molecular weight is 254 g/mol. The molecular weight excluding hydrogens is 232 g/mol. The van der Waals surface area contributed by atoms with Gasteiger partial charge in [0, 0.05) is 19.1 Å². The number of nitrogens with one attached hydrogen (secondary N) is 1. The normalized spacial score (nSPS) is 32.3. The number of carboxylic acid groups (broad SMARTS) is 1. The zero-order chi connectivity index (χ0) is 13.1. The van der Waals surface area contributed by atoms with E-state index in [9.17, 15) is 9.59 Å². The van der Waals surface area contributed by atoms with Crippen LogP contribution in [0.5, 0.6) is 0 Å². The van der Waals surface area contributed by atoms with Crippen LogP contribution in [0.25, 0.3) is 0 Å². The van der Waals surface area contributed by atoms with Crippen molar-refractivity contribution in [2.75, 3.05) is 13.1 Å². The van der Waals surface area contributed by atoms with E-state index in [1.165, 1.54) is 6.42 Å². The van der Waals surface area contributed by atoms with Crippen LogP contribution in [0.3, 0.4) is 0 Å². The highest BCUT2D eigenvalue weighted by atomic mass is 16.4. The Hall–Kier alpha value is -1.26. The van der Waals surface area contributed by atoms with Gasteiger partial charge >= 0.3 is 12.0 Å². The molecular formula is C13H22N2O3. The van der Waals surface area contributed by atoms with Gasteiger partial charge in [-0.1, -0.05) is 6.92 Å². The van der Waals surface area contributed by atoms with E-state index in [-0.39, 0.29) is 12.1 Å². The Labute approximate surface area is 108 Å². The lowest BCUT2D eigenvalue weighted by molar-refractivity contribution is -0.143. The lowest BCUT2D eigenvalue weighted by Crippen LogP contribution is -2.49. The van der Waals surface area contributed by atoms with Crippen LogP contribution in [-0.4, -0.2) is 41.1 Å². The minimum Gasteiger partial charge on any atom is -0.481 e. The van der Waals surface area contributed by atoms with Gasteiger partial charge in [-0.3, -0.25) is 4.79 Å². The number of amides is 2. The Morgan fingerprint density at radius 2 is 2.06 bits per heavy atom.